The second-order valence-corrected chi connectivity index (χ2v) is 5.71. The molecule has 0 radical (unpaired) electrons. The number of halogens is 1. The van der Waals surface area contributed by atoms with Crippen molar-refractivity contribution in [3.8, 4) is 11.6 Å². The number of aromatic nitrogens is 1. The number of carbonyl (C=O) groups excluding carboxylic acids is 2. The monoisotopic (exact) mass is 344 g/mol. The van der Waals surface area contributed by atoms with E-state index in [-0.39, 0.29) is 17.8 Å². The molecule has 1 aliphatic heterocycles. The third-order valence-electron chi connectivity index (χ3n) is 3.88. The Morgan fingerprint density at radius 3 is 2.80 bits per heavy atom. The third-order valence-corrected chi connectivity index (χ3v) is 3.88. The number of carbonyl (C=O) groups is 2. The molecule has 0 saturated carbocycles. The number of nitrogens with one attached hydrogen (secondary N) is 1. The van der Waals surface area contributed by atoms with E-state index in [0.717, 1.165) is 0 Å². The Morgan fingerprint density at radius 2 is 2.16 bits per heavy atom. The van der Waals surface area contributed by atoms with Gasteiger partial charge in [-0.1, -0.05) is 6.07 Å². The first-order valence-corrected chi connectivity index (χ1v) is 7.76. The van der Waals surface area contributed by atoms with Gasteiger partial charge in [-0.25, -0.2) is 14.2 Å². The molecule has 3 amide bonds. The van der Waals surface area contributed by atoms with E-state index in [0.29, 0.717) is 30.9 Å². The maximum Gasteiger partial charge on any atom is 0.321 e. The molecule has 130 valence electrons. The molecule has 1 saturated heterocycles. The highest BCUT2D eigenvalue weighted by Crippen LogP contribution is 2.22. The quantitative estimate of drug-likeness (QED) is 0.889. The first kappa shape index (κ1) is 16.7. The maximum atomic E-state index is 13.1. The number of nitrogens with zero attached hydrogens (tertiary/aromatic N) is 2. The van der Waals surface area contributed by atoms with Gasteiger partial charge in [0.2, 0.25) is 11.8 Å². The lowest BCUT2D eigenvalue weighted by molar-refractivity contribution is -0.121. The molecule has 1 fully saturated rings. The summed E-state index contributed by atoms with van der Waals surface area (Å²) in [4.78, 5) is 28.9. The van der Waals surface area contributed by atoms with E-state index in [1.54, 1.807) is 18.2 Å². The molecule has 0 unspecified atom stereocenters. The number of ether oxygens (including phenoxy) is 1. The van der Waals surface area contributed by atoms with Crippen molar-refractivity contribution in [2.75, 3.05) is 18.4 Å². The highest BCUT2D eigenvalue weighted by molar-refractivity contribution is 5.90. The topological polar surface area (TPSA) is 97.6 Å². The molecule has 1 aliphatic rings. The van der Waals surface area contributed by atoms with Crippen LogP contribution in [0.1, 0.15) is 6.42 Å². The minimum absolute atomic E-state index is 0.276. The lowest BCUT2D eigenvalue weighted by Gasteiger charge is -2.16. The second kappa shape index (κ2) is 7.16. The Kier molecular flexibility index (Phi) is 4.78. The van der Waals surface area contributed by atoms with Crippen molar-refractivity contribution >= 4 is 17.6 Å². The first-order chi connectivity index (χ1) is 12.0. The zero-order chi connectivity index (χ0) is 17.8. The van der Waals surface area contributed by atoms with Crippen LogP contribution in [0.3, 0.4) is 0 Å². The zero-order valence-electron chi connectivity index (χ0n) is 13.3. The molecule has 2 heterocycles. The fourth-order valence-electron chi connectivity index (χ4n) is 2.55. The van der Waals surface area contributed by atoms with Crippen molar-refractivity contribution in [3.05, 3.63) is 48.4 Å². The van der Waals surface area contributed by atoms with Crippen LogP contribution in [-0.4, -0.2) is 34.9 Å². The summed E-state index contributed by atoms with van der Waals surface area (Å²) in [6, 6.07) is 8.60. The third kappa shape index (κ3) is 4.23. The molecule has 2 aromatic rings. The van der Waals surface area contributed by atoms with Crippen molar-refractivity contribution in [2.24, 2.45) is 11.7 Å². The first-order valence-electron chi connectivity index (χ1n) is 7.76. The zero-order valence-corrected chi connectivity index (χ0v) is 13.3. The van der Waals surface area contributed by atoms with E-state index in [1.807, 2.05) is 0 Å². The number of benzene rings is 1. The van der Waals surface area contributed by atoms with E-state index in [9.17, 15) is 14.0 Å². The van der Waals surface area contributed by atoms with Crippen LogP contribution in [-0.2, 0) is 4.79 Å². The Bertz CT molecular complexity index is 782. The minimum atomic E-state index is -0.402. The average Bonchev–Trinajstić information content (AvgIpc) is 3.07. The Balaban J connectivity index is 1.57. The van der Waals surface area contributed by atoms with E-state index >= 15 is 0 Å². The molecule has 0 bridgehead atoms. The van der Waals surface area contributed by atoms with Gasteiger partial charge in [-0.05, 0) is 24.6 Å². The van der Waals surface area contributed by atoms with Gasteiger partial charge in [0.1, 0.15) is 11.6 Å². The van der Waals surface area contributed by atoms with Gasteiger partial charge < -0.3 is 20.7 Å². The normalized spacial score (nSPS) is 16.5. The second-order valence-electron chi connectivity index (χ2n) is 5.71. The standard InChI is InChI=1S/C17H17FN4O3/c18-12-2-1-3-14(8-12)25-15-5-4-13(9-20-15)21-17(24)22-7-6-11(10-22)16(19)23/h1-5,8-9,11H,6-7,10H2,(H2,19,23)(H,21,24)/t11-/m0/s1. The smallest absolute Gasteiger partial charge is 0.321 e. The van der Waals surface area contributed by atoms with Crippen molar-refractivity contribution in [2.45, 2.75) is 6.42 Å². The Hall–Kier alpha value is -3.16. The van der Waals surface area contributed by atoms with Crippen LogP contribution >= 0.6 is 0 Å². The van der Waals surface area contributed by atoms with Crippen molar-refractivity contribution < 1.29 is 18.7 Å². The number of primary amides is 1. The number of pyridine rings is 1. The molecule has 1 atom stereocenters. The number of urea groups is 1. The molecular formula is C17H17FN4O3. The molecule has 3 rings (SSSR count). The predicted octanol–water partition coefficient (Wildman–Crippen LogP) is 2.35. The summed E-state index contributed by atoms with van der Waals surface area (Å²) in [6.07, 6.45) is 2.01. The van der Waals surface area contributed by atoms with E-state index < -0.39 is 11.7 Å². The van der Waals surface area contributed by atoms with Gasteiger partial charge in [-0.3, -0.25) is 4.79 Å². The van der Waals surface area contributed by atoms with Gasteiger partial charge >= 0.3 is 6.03 Å². The van der Waals surface area contributed by atoms with Crippen LogP contribution in [0.25, 0.3) is 0 Å². The fraction of sp³-hybridized carbons (Fsp3) is 0.235. The van der Waals surface area contributed by atoms with E-state index in [4.69, 9.17) is 10.5 Å². The van der Waals surface area contributed by atoms with Crippen LogP contribution in [0, 0.1) is 11.7 Å². The average molecular weight is 344 g/mol. The van der Waals surface area contributed by atoms with Crippen LogP contribution in [0.5, 0.6) is 11.6 Å². The predicted molar refractivity (Wildman–Crippen MR) is 88.6 cm³/mol. The number of likely N-dealkylation sites (tertiary alicyclic amines) is 1. The molecule has 25 heavy (non-hydrogen) atoms. The van der Waals surface area contributed by atoms with Gasteiger partial charge in [0, 0.05) is 25.2 Å². The maximum absolute atomic E-state index is 13.1. The van der Waals surface area contributed by atoms with Crippen molar-refractivity contribution in [3.63, 3.8) is 0 Å². The highest BCUT2D eigenvalue weighted by Gasteiger charge is 2.29. The van der Waals surface area contributed by atoms with Crippen LogP contribution in [0.4, 0.5) is 14.9 Å². The van der Waals surface area contributed by atoms with Gasteiger partial charge in [-0.2, -0.15) is 0 Å². The lowest BCUT2D eigenvalue weighted by atomic mass is 10.1. The number of hydrogen-bond donors (Lipinski definition) is 2. The molecule has 0 aliphatic carbocycles. The van der Waals surface area contributed by atoms with Crippen molar-refractivity contribution in [1.29, 1.82) is 0 Å². The summed E-state index contributed by atoms with van der Waals surface area (Å²) in [5.41, 5.74) is 5.74. The highest BCUT2D eigenvalue weighted by atomic mass is 19.1. The number of hydrogen-bond acceptors (Lipinski definition) is 4. The Morgan fingerprint density at radius 1 is 1.32 bits per heavy atom. The van der Waals surface area contributed by atoms with E-state index in [2.05, 4.69) is 10.3 Å². The van der Waals surface area contributed by atoms with Crippen LogP contribution in [0.2, 0.25) is 0 Å². The van der Waals surface area contributed by atoms with Crippen LogP contribution in [0.15, 0.2) is 42.6 Å². The lowest BCUT2D eigenvalue weighted by Crippen LogP contribution is -2.34. The van der Waals surface area contributed by atoms with Gasteiger partial charge in [0.15, 0.2) is 0 Å². The number of amides is 3. The fourth-order valence-corrected chi connectivity index (χ4v) is 2.55. The summed E-state index contributed by atoms with van der Waals surface area (Å²) < 4.78 is 18.6. The molecular weight excluding hydrogens is 327 g/mol. The van der Waals surface area contributed by atoms with Gasteiger partial charge in [0.05, 0.1) is 17.8 Å². The summed E-state index contributed by atoms with van der Waals surface area (Å²) >= 11 is 0. The molecule has 0 spiro atoms. The minimum Gasteiger partial charge on any atom is -0.439 e. The molecule has 1 aromatic carbocycles. The summed E-state index contributed by atoms with van der Waals surface area (Å²) in [5.74, 6) is -0.486. The molecule has 3 N–H and O–H groups in total. The summed E-state index contributed by atoms with van der Waals surface area (Å²) in [6.45, 7) is 0.795. The Labute approximate surface area is 143 Å². The van der Waals surface area contributed by atoms with Gasteiger partial charge in [-0.15, -0.1) is 0 Å². The number of anilines is 1. The molecule has 1 aromatic heterocycles. The van der Waals surface area contributed by atoms with Crippen molar-refractivity contribution in [1.82, 2.24) is 9.88 Å². The molecule has 7 nitrogen and oxygen atoms in total. The summed E-state index contributed by atoms with van der Waals surface area (Å²) in [7, 11) is 0. The van der Waals surface area contributed by atoms with Crippen LogP contribution < -0.4 is 15.8 Å². The number of nitrogens with two attached hydrogens (primary N) is 1. The number of rotatable bonds is 4. The SMILES string of the molecule is NC(=O)[C@H]1CCN(C(=O)Nc2ccc(Oc3cccc(F)c3)nc2)C1. The molecule has 8 heteroatoms. The van der Waals surface area contributed by atoms with Gasteiger partial charge in [0.25, 0.3) is 0 Å². The largest absolute Gasteiger partial charge is 0.439 e. The van der Waals surface area contributed by atoms with E-state index in [1.165, 1.54) is 29.3 Å². The summed E-state index contributed by atoms with van der Waals surface area (Å²) in [5, 5.41) is 2.70.